The first kappa shape index (κ1) is 17.6. The molecule has 0 aromatic heterocycles. The molecular weight excluding hydrogens is 347 g/mol. The number of rotatable bonds is 3. The molecule has 1 heterocycles. The second kappa shape index (κ2) is 7.32. The van der Waals surface area contributed by atoms with Gasteiger partial charge in [0.1, 0.15) is 0 Å². The summed E-state index contributed by atoms with van der Waals surface area (Å²) in [6.07, 6.45) is 4.67. The van der Waals surface area contributed by atoms with Crippen LogP contribution in [0, 0.1) is 11.8 Å². The van der Waals surface area contributed by atoms with Gasteiger partial charge in [0, 0.05) is 24.0 Å². The predicted octanol–water partition coefficient (Wildman–Crippen LogP) is 4.36. The molecule has 130 valence electrons. The number of nitrogens with zero attached hydrogens (tertiary/aromatic N) is 1. The Morgan fingerprint density at radius 1 is 1.21 bits per heavy atom. The van der Waals surface area contributed by atoms with Gasteiger partial charge in [-0.2, -0.15) is 0 Å². The van der Waals surface area contributed by atoms with Crippen LogP contribution in [0.5, 0.6) is 0 Å². The third kappa shape index (κ3) is 3.86. The SMILES string of the molecule is CC1CCC(N2CC(C(=O)Nc3cc(Cl)ccc3Cl)CC2=O)CC1. The number of hydrogen-bond acceptors (Lipinski definition) is 2. The van der Waals surface area contributed by atoms with Crippen molar-refractivity contribution in [3.8, 4) is 0 Å². The average Bonchev–Trinajstić information content (AvgIpc) is 2.94. The van der Waals surface area contributed by atoms with Crippen LogP contribution >= 0.6 is 23.2 Å². The molecule has 2 aliphatic rings. The molecule has 4 nitrogen and oxygen atoms in total. The fourth-order valence-corrected chi connectivity index (χ4v) is 3.98. The van der Waals surface area contributed by atoms with E-state index in [1.54, 1.807) is 18.2 Å². The summed E-state index contributed by atoms with van der Waals surface area (Å²) in [5, 5.41) is 3.76. The van der Waals surface area contributed by atoms with Crippen LogP contribution in [0.25, 0.3) is 0 Å². The van der Waals surface area contributed by atoms with Gasteiger partial charge < -0.3 is 10.2 Å². The van der Waals surface area contributed by atoms with E-state index in [0.29, 0.717) is 28.3 Å². The van der Waals surface area contributed by atoms with Gasteiger partial charge in [0.25, 0.3) is 0 Å². The quantitative estimate of drug-likeness (QED) is 0.861. The van der Waals surface area contributed by atoms with Crippen molar-refractivity contribution >= 4 is 40.7 Å². The Labute approximate surface area is 152 Å². The molecule has 1 aromatic rings. The van der Waals surface area contributed by atoms with Crippen molar-refractivity contribution in [3.63, 3.8) is 0 Å². The van der Waals surface area contributed by atoms with Gasteiger partial charge in [-0.1, -0.05) is 30.1 Å². The first-order chi connectivity index (χ1) is 11.4. The molecule has 1 saturated heterocycles. The van der Waals surface area contributed by atoms with Gasteiger partial charge in [0.2, 0.25) is 11.8 Å². The number of amides is 2. The Bertz CT molecular complexity index is 642. The minimum absolute atomic E-state index is 0.0897. The van der Waals surface area contributed by atoms with Crippen molar-refractivity contribution in [2.24, 2.45) is 11.8 Å². The Hall–Kier alpha value is -1.26. The highest BCUT2D eigenvalue weighted by molar-refractivity contribution is 6.35. The van der Waals surface area contributed by atoms with E-state index in [4.69, 9.17) is 23.2 Å². The summed E-state index contributed by atoms with van der Waals surface area (Å²) in [5.41, 5.74) is 0.492. The van der Waals surface area contributed by atoms with Crippen molar-refractivity contribution < 1.29 is 9.59 Å². The van der Waals surface area contributed by atoms with Crippen molar-refractivity contribution in [2.75, 3.05) is 11.9 Å². The maximum Gasteiger partial charge on any atom is 0.229 e. The van der Waals surface area contributed by atoms with Crippen LogP contribution in [0.15, 0.2) is 18.2 Å². The summed E-state index contributed by atoms with van der Waals surface area (Å²) in [7, 11) is 0. The van der Waals surface area contributed by atoms with Crippen LogP contribution < -0.4 is 5.32 Å². The molecule has 3 rings (SSSR count). The highest BCUT2D eigenvalue weighted by Gasteiger charge is 2.38. The van der Waals surface area contributed by atoms with Crippen molar-refractivity contribution in [3.05, 3.63) is 28.2 Å². The van der Waals surface area contributed by atoms with Gasteiger partial charge in [-0.3, -0.25) is 9.59 Å². The first-order valence-electron chi connectivity index (χ1n) is 8.49. The van der Waals surface area contributed by atoms with Gasteiger partial charge >= 0.3 is 0 Å². The van der Waals surface area contributed by atoms with E-state index in [1.807, 2.05) is 4.90 Å². The fraction of sp³-hybridized carbons (Fsp3) is 0.556. The van der Waals surface area contributed by atoms with Crippen LogP contribution in [0.4, 0.5) is 5.69 Å². The number of anilines is 1. The summed E-state index contributed by atoms with van der Waals surface area (Å²) in [6, 6.07) is 5.24. The highest BCUT2D eigenvalue weighted by atomic mass is 35.5. The molecular formula is C18H22Cl2N2O2. The largest absolute Gasteiger partial charge is 0.339 e. The zero-order valence-electron chi connectivity index (χ0n) is 13.7. The zero-order valence-corrected chi connectivity index (χ0v) is 15.2. The van der Waals surface area contributed by atoms with Gasteiger partial charge in [0.05, 0.1) is 16.6 Å². The maximum atomic E-state index is 12.5. The highest BCUT2D eigenvalue weighted by Crippen LogP contribution is 2.32. The molecule has 6 heteroatoms. The van der Waals surface area contributed by atoms with Gasteiger partial charge in [0.15, 0.2) is 0 Å². The number of carbonyl (C=O) groups is 2. The van der Waals surface area contributed by atoms with E-state index >= 15 is 0 Å². The molecule has 0 spiro atoms. The number of likely N-dealkylation sites (tertiary alicyclic amines) is 1. The monoisotopic (exact) mass is 368 g/mol. The number of benzene rings is 1. The Morgan fingerprint density at radius 2 is 1.92 bits per heavy atom. The molecule has 1 aromatic carbocycles. The van der Waals surface area contributed by atoms with Crippen LogP contribution in [0.3, 0.4) is 0 Å². The van der Waals surface area contributed by atoms with E-state index in [1.165, 1.54) is 0 Å². The fourth-order valence-electron chi connectivity index (χ4n) is 3.64. The van der Waals surface area contributed by atoms with Crippen LogP contribution in [0.1, 0.15) is 39.0 Å². The molecule has 1 unspecified atom stereocenters. The minimum atomic E-state index is -0.327. The van der Waals surface area contributed by atoms with Crippen LogP contribution in [-0.4, -0.2) is 29.3 Å². The average molecular weight is 369 g/mol. The Kier molecular flexibility index (Phi) is 5.36. The summed E-state index contributed by atoms with van der Waals surface area (Å²) < 4.78 is 0. The lowest BCUT2D eigenvalue weighted by molar-refractivity contribution is -0.130. The van der Waals surface area contributed by atoms with E-state index in [2.05, 4.69) is 12.2 Å². The third-order valence-electron chi connectivity index (χ3n) is 5.14. The van der Waals surface area contributed by atoms with Crippen LogP contribution in [-0.2, 0) is 9.59 Å². The molecule has 2 fully saturated rings. The molecule has 1 aliphatic carbocycles. The van der Waals surface area contributed by atoms with E-state index in [9.17, 15) is 9.59 Å². The Morgan fingerprint density at radius 3 is 2.62 bits per heavy atom. The summed E-state index contributed by atoms with van der Waals surface area (Å²) in [6.45, 7) is 2.76. The summed E-state index contributed by atoms with van der Waals surface area (Å²) in [5.74, 6) is 0.334. The normalized spacial score (nSPS) is 27.4. The summed E-state index contributed by atoms with van der Waals surface area (Å²) >= 11 is 12.0. The summed E-state index contributed by atoms with van der Waals surface area (Å²) in [4.78, 5) is 26.8. The molecule has 2 amide bonds. The molecule has 0 bridgehead atoms. The van der Waals surface area contributed by atoms with E-state index in [-0.39, 0.29) is 24.2 Å². The lowest BCUT2D eigenvalue weighted by Gasteiger charge is -2.33. The van der Waals surface area contributed by atoms with Gasteiger partial charge in [-0.25, -0.2) is 0 Å². The molecule has 1 saturated carbocycles. The number of hydrogen-bond donors (Lipinski definition) is 1. The molecule has 0 radical (unpaired) electrons. The Balaban J connectivity index is 1.62. The maximum absolute atomic E-state index is 12.5. The molecule has 1 atom stereocenters. The number of halogens is 2. The second-order valence-corrected chi connectivity index (χ2v) is 7.82. The predicted molar refractivity (Wildman–Crippen MR) is 96.3 cm³/mol. The van der Waals surface area contributed by atoms with Crippen molar-refractivity contribution in [1.29, 1.82) is 0 Å². The van der Waals surface area contributed by atoms with Gasteiger partial charge in [-0.15, -0.1) is 0 Å². The molecule has 24 heavy (non-hydrogen) atoms. The van der Waals surface area contributed by atoms with Crippen LogP contribution in [0.2, 0.25) is 10.0 Å². The topological polar surface area (TPSA) is 49.4 Å². The molecule has 1 aliphatic heterocycles. The smallest absolute Gasteiger partial charge is 0.229 e. The second-order valence-electron chi connectivity index (χ2n) is 6.97. The molecule has 1 N–H and O–H groups in total. The third-order valence-corrected chi connectivity index (χ3v) is 5.71. The lowest BCUT2D eigenvalue weighted by Crippen LogP contribution is -2.39. The van der Waals surface area contributed by atoms with Crippen molar-refractivity contribution in [2.45, 2.75) is 45.1 Å². The van der Waals surface area contributed by atoms with E-state index < -0.39 is 0 Å². The standard InChI is InChI=1S/C18H22Cl2N2O2/c1-11-2-5-14(6-3-11)22-10-12(8-17(22)23)18(24)21-16-9-13(19)4-7-15(16)20/h4,7,9,11-12,14H,2-3,5-6,8,10H2,1H3,(H,21,24). The minimum Gasteiger partial charge on any atom is -0.339 e. The lowest BCUT2D eigenvalue weighted by atomic mass is 9.87. The number of carbonyl (C=O) groups excluding carboxylic acids is 2. The zero-order chi connectivity index (χ0) is 17.3. The van der Waals surface area contributed by atoms with Crippen molar-refractivity contribution in [1.82, 2.24) is 4.90 Å². The van der Waals surface area contributed by atoms with E-state index in [0.717, 1.165) is 31.6 Å². The first-order valence-corrected chi connectivity index (χ1v) is 9.25. The van der Waals surface area contributed by atoms with Gasteiger partial charge in [-0.05, 0) is 49.8 Å². The number of nitrogens with one attached hydrogen (secondary N) is 1.